The molecule has 0 fully saturated rings. The Hall–Kier alpha value is -3.06. The zero-order valence-electron chi connectivity index (χ0n) is 14.0. The van der Waals surface area contributed by atoms with Crippen LogP contribution in [0.25, 0.3) is 11.3 Å². The zero-order valence-corrected chi connectivity index (χ0v) is 14.8. The van der Waals surface area contributed by atoms with Gasteiger partial charge < -0.3 is 13.7 Å². The third-order valence-corrected chi connectivity index (χ3v) is 3.73. The molecule has 7 nitrogen and oxygen atoms in total. The first-order chi connectivity index (χ1) is 12.5. The molecule has 1 N–H and O–H groups in total. The van der Waals surface area contributed by atoms with E-state index in [2.05, 4.69) is 10.5 Å². The highest BCUT2D eigenvalue weighted by Crippen LogP contribution is 2.30. The third kappa shape index (κ3) is 3.62. The lowest BCUT2D eigenvalue weighted by atomic mass is 10.1. The quantitative estimate of drug-likeness (QED) is 0.668. The second kappa shape index (κ2) is 7.45. The average Bonchev–Trinajstić information content (AvgIpc) is 3.22. The number of aromatic nitrogens is 1. The van der Waals surface area contributed by atoms with Crippen molar-refractivity contribution in [1.82, 2.24) is 5.16 Å². The summed E-state index contributed by atoms with van der Waals surface area (Å²) in [6, 6.07) is 9.86. The summed E-state index contributed by atoms with van der Waals surface area (Å²) in [4.78, 5) is 24.7. The average molecular weight is 375 g/mol. The molecule has 0 spiro atoms. The van der Waals surface area contributed by atoms with Crippen LogP contribution in [-0.4, -0.2) is 23.6 Å². The highest BCUT2D eigenvalue weighted by molar-refractivity contribution is 6.30. The fourth-order valence-electron chi connectivity index (χ4n) is 2.29. The Morgan fingerprint density at radius 1 is 1.19 bits per heavy atom. The molecule has 0 bridgehead atoms. The minimum atomic E-state index is -0.662. The topological polar surface area (TPSA) is 94.6 Å². The Labute approximate surface area is 153 Å². The van der Waals surface area contributed by atoms with Crippen LogP contribution in [0.15, 0.2) is 45.3 Å². The van der Waals surface area contributed by atoms with Crippen LogP contribution < -0.4 is 5.32 Å². The van der Waals surface area contributed by atoms with Gasteiger partial charge in [-0.25, -0.2) is 4.79 Å². The predicted molar refractivity (Wildman–Crippen MR) is 94.3 cm³/mol. The molecule has 1 amide bonds. The molecule has 0 radical (unpaired) electrons. The Balaban J connectivity index is 1.98. The van der Waals surface area contributed by atoms with Crippen LogP contribution in [0, 0.1) is 6.92 Å². The second-order valence-electron chi connectivity index (χ2n) is 5.33. The highest BCUT2D eigenvalue weighted by Gasteiger charge is 2.27. The van der Waals surface area contributed by atoms with Gasteiger partial charge in [0.05, 0.1) is 6.61 Å². The van der Waals surface area contributed by atoms with Crippen molar-refractivity contribution in [2.45, 2.75) is 13.8 Å². The third-order valence-electron chi connectivity index (χ3n) is 3.48. The molecule has 0 aliphatic heterocycles. The number of nitrogens with zero attached hydrogens (tertiary/aromatic N) is 1. The van der Waals surface area contributed by atoms with E-state index in [1.807, 2.05) is 0 Å². The maximum absolute atomic E-state index is 12.4. The Kier molecular flexibility index (Phi) is 5.09. The van der Waals surface area contributed by atoms with Gasteiger partial charge in [0.2, 0.25) is 5.88 Å². The monoisotopic (exact) mass is 374 g/mol. The maximum atomic E-state index is 12.4. The van der Waals surface area contributed by atoms with Gasteiger partial charge in [0.15, 0.2) is 11.3 Å². The van der Waals surface area contributed by atoms with Crippen LogP contribution in [0.3, 0.4) is 0 Å². The summed E-state index contributed by atoms with van der Waals surface area (Å²) in [6.45, 7) is 3.56. The molecular weight excluding hydrogens is 360 g/mol. The molecule has 0 atom stereocenters. The van der Waals surface area contributed by atoms with E-state index in [4.69, 9.17) is 25.3 Å². The van der Waals surface area contributed by atoms with Crippen molar-refractivity contribution in [2.75, 3.05) is 11.9 Å². The van der Waals surface area contributed by atoms with Crippen molar-refractivity contribution in [3.05, 3.63) is 58.5 Å². The fourth-order valence-corrected chi connectivity index (χ4v) is 2.42. The number of rotatable bonds is 5. The summed E-state index contributed by atoms with van der Waals surface area (Å²) in [5, 5.41) is 6.94. The number of anilines is 1. The summed E-state index contributed by atoms with van der Waals surface area (Å²) in [5.74, 6) is -0.679. The number of aryl methyl sites for hydroxylation is 1. The van der Waals surface area contributed by atoms with E-state index < -0.39 is 11.9 Å². The molecule has 0 saturated carbocycles. The van der Waals surface area contributed by atoms with E-state index in [0.29, 0.717) is 16.3 Å². The Morgan fingerprint density at radius 3 is 2.54 bits per heavy atom. The van der Waals surface area contributed by atoms with Gasteiger partial charge in [-0.05, 0) is 38.1 Å². The number of hydrogen-bond donors (Lipinski definition) is 1. The SMILES string of the molecule is CCOC(=O)c1c(-c2ccc(Cl)cc2)noc1NC(=O)c1ccc(C)o1. The molecule has 8 heteroatoms. The van der Waals surface area contributed by atoms with Crippen molar-refractivity contribution in [1.29, 1.82) is 0 Å². The van der Waals surface area contributed by atoms with Gasteiger partial charge in [-0.1, -0.05) is 28.9 Å². The summed E-state index contributed by atoms with van der Waals surface area (Å²) >= 11 is 5.89. The number of ether oxygens (including phenoxy) is 1. The minimum Gasteiger partial charge on any atom is -0.462 e. The first kappa shape index (κ1) is 17.8. The normalized spacial score (nSPS) is 10.6. The first-order valence-corrected chi connectivity index (χ1v) is 8.18. The van der Waals surface area contributed by atoms with Crippen LogP contribution >= 0.6 is 11.6 Å². The molecule has 3 aromatic rings. The lowest BCUT2D eigenvalue weighted by molar-refractivity contribution is 0.0528. The predicted octanol–water partition coefficient (Wildman–Crippen LogP) is 4.33. The van der Waals surface area contributed by atoms with Crippen LogP contribution in [0.5, 0.6) is 0 Å². The molecule has 2 heterocycles. The van der Waals surface area contributed by atoms with Gasteiger partial charge in [0, 0.05) is 10.6 Å². The van der Waals surface area contributed by atoms with Crippen LogP contribution in [0.2, 0.25) is 5.02 Å². The molecular formula is C18H15ClN2O5. The summed E-state index contributed by atoms with van der Waals surface area (Å²) in [6.07, 6.45) is 0. The number of amides is 1. The van der Waals surface area contributed by atoms with E-state index in [1.165, 1.54) is 6.07 Å². The molecule has 134 valence electrons. The standard InChI is InChI=1S/C18H15ClN2O5/c1-3-24-18(23)14-15(11-5-7-12(19)8-6-11)21-26-17(14)20-16(22)13-9-4-10(2)25-13/h4-9H,3H2,1-2H3,(H,20,22). The number of carbonyl (C=O) groups excluding carboxylic acids is 2. The highest BCUT2D eigenvalue weighted by atomic mass is 35.5. The number of hydrogen-bond acceptors (Lipinski definition) is 6. The molecule has 2 aromatic heterocycles. The van der Waals surface area contributed by atoms with Crippen molar-refractivity contribution in [3.63, 3.8) is 0 Å². The van der Waals surface area contributed by atoms with Crippen LogP contribution in [0.4, 0.5) is 5.88 Å². The van der Waals surface area contributed by atoms with E-state index in [1.54, 1.807) is 44.2 Å². The fraction of sp³-hybridized carbons (Fsp3) is 0.167. The largest absolute Gasteiger partial charge is 0.462 e. The van der Waals surface area contributed by atoms with E-state index in [0.717, 1.165) is 0 Å². The Bertz CT molecular complexity index is 943. The molecule has 0 aliphatic rings. The molecule has 26 heavy (non-hydrogen) atoms. The number of nitrogens with one attached hydrogen (secondary N) is 1. The van der Waals surface area contributed by atoms with E-state index >= 15 is 0 Å². The van der Waals surface area contributed by atoms with Gasteiger partial charge >= 0.3 is 5.97 Å². The number of furan rings is 1. The maximum Gasteiger partial charge on any atom is 0.346 e. The van der Waals surface area contributed by atoms with Crippen LogP contribution in [0.1, 0.15) is 33.6 Å². The van der Waals surface area contributed by atoms with Crippen molar-refractivity contribution >= 4 is 29.4 Å². The molecule has 1 aromatic carbocycles. The van der Waals surface area contributed by atoms with E-state index in [9.17, 15) is 9.59 Å². The van der Waals surface area contributed by atoms with Gasteiger partial charge in [-0.15, -0.1) is 0 Å². The van der Waals surface area contributed by atoms with Gasteiger partial charge in [-0.2, -0.15) is 0 Å². The number of halogens is 1. The van der Waals surface area contributed by atoms with E-state index in [-0.39, 0.29) is 29.5 Å². The lowest BCUT2D eigenvalue weighted by Crippen LogP contribution is -2.14. The molecule has 0 aliphatic carbocycles. The van der Waals surface area contributed by atoms with Crippen molar-refractivity contribution in [2.24, 2.45) is 0 Å². The van der Waals surface area contributed by atoms with Crippen LogP contribution in [-0.2, 0) is 4.74 Å². The summed E-state index contributed by atoms with van der Waals surface area (Å²) in [7, 11) is 0. The molecule has 0 unspecified atom stereocenters. The summed E-state index contributed by atoms with van der Waals surface area (Å²) in [5.41, 5.74) is 0.854. The number of carbonyl (C=O) groups is 2. The molecule has 0 saturated heterocycles. The number of esters is 1. The van der Waals surface area contributed by atoms with Crippen molar-refractivity contribution < 1.29 is 23.3 Å². The molecule has 3 rings (SSSR count). The summed E-state index contributed by atoms with van der Waals surface area (Å²) < 4.78 is 15.5. The second-order valence-corrected chi connectivity index (χ2v) is 5.76. The van der Waals surface area contributed by atoms with Gasteiger partial charge in [0.1, 0.15) is 11.5 Å². The Morgan fingerprint density at radius 2 is 1.92 bits per heavy atom. The van der Waals surface area contributed by atoms with Crippen molar-refractivity contribution in [3.8, 4) is 11.3 Å². The lowest BCUT2D eigenvalue weighted by Gasteiger charge is -2.05. The van der Waals surface area contributed by atoms with Gasteiger partial charge in [-0.3, -0.25) is 10.1 Å². The van der Waals surface area contributed by atoms with Gasteiger partial charge in [0.25, 0.3) is 5.91 Å². The zero-order chi connectivity index (χ0) is 18.7. The smallest absolute Gasteiger partial charge is 0.346 e. The first-order valence-electron chi connectivity index (χ1n) is 7.80. The minimum absolute atomic E-state index is 0.0193. The number of benzene rings is 1.